The maximum absolute atomic E-state index is 11.8. The second-order valence-corrected chi connectivity index (χ2v) is 4.62. The van der Waals surface area contributed by atoms with Crippen LogP contribution in [0.1, 0.15) is 36.6 Å². The molecule has 0 saturated carbocycles. The van der Waals surface area contributed by atoms with E-state index in [9.17, 15) is 9.59 Å². The zero-order valence-electron chi connectivity index (χ0n) is 10.5. The first kappa shape index (κ1) is 12.4. The maximum Gasteiger partial charge on any atom is 0.325 e. The Bertz CT molecular complexity index is 639. The molecule has 0 spiro atoms. The third-order valence-corrected chi connectivity index (χ3v) is 2.86. The SMILES string of the molecule is CC(C)c1c(Cc2ccccc2)[nH]c(=O)[nH]c1=O. The molecule has 4 nitrogen and oxygen atoms in total. The van der Waals surface area contributed by atoms with Gasteiger partial charge < -0.3 is 4.98 Å². The van der Waals surface area contributed by atoms with Gasteiger partial charge in [0.15, 0.2) is 0 Å². The highest BCUT2D eigenvalue weighted by Crippen LogP contribution is 2.15. The molecule has 0 unspecified atom stereocenters. The summed E-state index contributed by atoms with van der Waals surface area (Å²) in [5.74, 6) is 0.0734. The largest absolute Gasteiger partial charge is 0.325 e. The van der Waals surface area contributed by atoms with Crippen LogP contribution in [0.5, 0.6) is 0 Å². The molecule has 1 aromatic carbocycles. The van der Waals surface area contributed by atoms with E-state index in [0.717, 1.165) is 5.56 Å². The molecule has 0 aliphatic heterocycles. The quantitative estimate of drug-likeness (QED) is 0.864. The molecule has 0 fully saturated rings. The van der Waals surface area contributed by atoms with Gasteiger partial charge in [0.25, 0.3) is 5.56 Å². The number of benzene rings is 1. The standard InChI is InChI=1S/C14H16N2O2/c1-9(2)12-11(15-14(18)16-13(12)17)8-10-6-4-3-5-7-10/h3-7,9H,8H2,1-2H3,(H2,15,16,17,18). The molecule has 2 rings (SSSR count). The molecular weight excluding hydrogens is 228 g/mol. The lowest BCUT2D eigenvalue weighted by molar-refractivity contribution is 0.788. The molecule has 2 N–H and O–H groups in total. The van der Waals surface area contributed by atoms with Crippen LogP contribution in [0.3, 0.4) is 0 Å². The van der Waals surface area contributed by atoms with Crippen LogP contribution < -0.4 is 11.2 Å². The van der Waals surface area contributed by atoms with E-state index in [1.807, 2.05) is 44.2 Å². The summed E-state index contributed by atoms with van der Waals surface area (Å²) < 4.78 is 0. The number of H-pyrrole nitrogens is 2. The monoisotopic (exact) mass is 244 g/mol. The topological polar surface area (TPSA) is 65.7 Å². The summed E-state index contributed by atoms with van der Waals surface area (Å²) in [6.45, 7) is 3.88. The van der Waals surface area contributed by atoms with Gasteiger partial charge in [-0.3, -0.25) is 9.78 Å². The van der Waals surface area contributed by atoms with Crippen molar-refractivity contribution in [2.75, 3.05) is 0 Å². The molecule has 4 heteroatoms. The second-order valence-electron chi connectivity index (χ2n) is 4.62. The predicted octanol–water partition coefficient (Wildman–Crippen LogP) is 1.78. The Morgan fingerprint density at radius 1 is 1.06 bits per heavy atom. The molecule has 0 saturated heterocycles. The first-order chi connectivity index (χ1) is 8.58. The Morgan fingerprint density at radius 2 is 1.72 bits per heavy atom. The summed E-state index contributed by atoms with van der Waals surface area (Å²) in [6, 6.07) is 9.77. The first-order valence-corrected chi connectivity index (χ1v) is 5.97. The van der Waals surface area contributed by atoms with E-state index in [-0.39, 0.29) is 11.5 Å². The fraction of sp³-hybridized carbons (Fsp3) is 0.286. The van der Waals surface area contributed by atoms with Crippen molar-refractivity contribution in [2.24, 2.45) is 0 Å². The zero-order valence-corrected chi connectivity index (χ0v) is 10.5. The molecule has 0 amide bonds. The summed E-state index contributed by atoms with van der Waals surface area (Å²) >= 11 is 0. The number of rotatable bonds is 3. The van der Waals surface area contributed by atoms with E-state index in [2.05, 4.69) is 9.97 Å². The lowest BCUT2D eigenvalue weighted by atomic mass is 9.98. The van der Waals surface area contributed by atoms with Gasteiger partial charge in [0, 0.05) is 17.7 Å². The number of aromatic amines is 2. The summed E-state index contributed by atoms with van der Waals surface area (Å²) in [5, 5.41) is 0. The fourth-order valence-electron chi connectivity index (χ4n) is 2.09. The third-order valence-electron chi connectivity index (χ3n) is 2.86. The second kappa shape index (κ2) is 5.04. The highest BCUT2D eigenvalue weighted by Gasteiger charge is 2.13. The van der Waals surface area contributed by atoms with Crippen molar-refractivity contribution < 1.29 is 0 Å². The molecule has 1 aromatic heterocycles. The van der Waals surface area contributed by atoms with Gasteiger partial charge in [-0.2, -0.15) is 0 Å². The lowest BCUT2D eigenvalue weighted by Gasteiger charge is -2.10. The van der Waals surface area contributed by atoms with Gasteiger partial charge in [-0.1, -0.05) is 44.2 Å². The Morgan fingerprint density at radius 3 is 2.33 bits per heavy atom. The normalized spacial score (nSPS) is 10.8. The van der Waals surface area contributed by atoms with E-state index in [4.69, 9.17) is 0 Å². The first-order valence-electron chi connectivity index (χ1n) is 5.97. The molecule has 0 radical (unpaired) electrons. The molecule has 18 heavy (non-hydrogen) atoms. The highest BCUT2D eigenvalue weighted by molar-refractivity contribution is 5.27. The summed E-state index contributed by atoms with van der Waals surface area (Å²) in [6.07, 6.45) is 0.563. The van der Waals surface area contributed by atoms with Gasteiger partial charge in [0.05, 0.1) is 0 Å². The van der Waals surface area contributed by atoms with Gasteiger partial charge in [0.1, 0.15) is 0 Å². The van der Waals surface area contributed by atoms with E-state index in [0.29, 0.717) is 17.7 Å². The molecule has 2 aromatic rings. The predicted molar refractivity (Wildman–Crippen MR) is 71.0 cm³/mol. The summed E-state index contributed by atoms with van der Waals surface area (Å²) in [7, 11) is 0. The van der Waals surface area contributed by atoms with Crippen molar-refractivity contribution in [2.45, 2.75) is 26.2 Å². The Hall–Kier alpha value is -2.10. The smallest absolute Gasteiger partial charge is 0.311 e. The van der Waals surface area contributed by atoms with E-state index >= 15 is 0 Å². The molecular formula is C14H16N2O2. The van der Waals surface area contributed by atoms with Gasteiger partial charge in [-0.15, -0.1) is 0 Å². The van der Waals surface area contributed by atoms with E-state index in [1.165, 1.54) is 0 Å². The third kappa shape index (κ3) is 2.59. The van der Waals surface area contributed by atoms with Crippen LogP contribution in [0.4, 0.5) is 0 Å². The Kier molecular flexibility index (Phi) is 3.46. The van der Waals surface area contributed by atoms with Crippen LogP contribution in [0, 0.1) is 0 Å². The number of hydrogen-bond donors (Lipinski definition) is 2. The average Bonchev–Trinajstić information content (AvgIpc) is 2.28. The van der Waals surface area contributed by atoms with Gasteiger partial charge in [-0.25, -0.2) is 4.79 Å². The minimum atomic E-state index is -0.449. The van der Waals surface area contributed by atoms with Crippen LogP contribution in [0.15, 0.2) is 39.9 Å². The van der Waals surface area contributed by atoms with Crippen LogP contribution >= 0.6 is 0 Å². The highest BCUT2D eigenvalue weighted by atomic mass is 16.2. The molecule has 0 atom stereocenters. The molecule has 0 bridgehead atoms. The molecule has 94 valence electrons. The van der Waals surface area contributed by atoms with Crippen molar-refractivity contribution in [3.05, 3.63) is 68.0 Å². The van der Waals surface area contributed by atoms with Crippen LogP contribution in [-0.4, -0.2) is 9.97 Å². The van der Waals surface area contributed by atoms with Crippen LogP contribution in [-0.2, 0) is 6.42 Å². The summed E-state index contributed by atoms with van der Waals surface area (Å²) in [5.41, 5.74) is 1.68. The van der Waals surface area contributed by atoms with Gasteiger partial charge in [0.2, 0.25) is 0 Å². The van der Waals surface area contributed by atoms with Crippen molar-refractivity contribution >= 4 is 0 Å². The number of hydrogen-bond acceptors (Lipinski definition) is 2. The lowest BCUT2D eigenvalue weighted by Crippen LogP contribution is -2.28. The molecule has 1 heterocycles. The number of aromatic nitrogens is 2. The van der Waals surface area contributed by atoms with Crippen LogP contribution in [0.2, 0.25) is 0 Å². The van der Waals surface area contributed by atoms with Crippen molar-refractivity contribution in [3.8, 4) is 0 Å². The van der Waals surface area contributed by atoms with Gasteiger partial charge >= 0.3 is 5.69 Å². The number of nitrogens with one attached hydrogen (secondary N) is 2. The van der Waals surface area contributed by atoms with Crippen molar-refractivity contribution in [1.29, 1.82) is 0 Å². The zero-order chi connectivity index (χ0) is 13.1. The summed E-state index contributed by atoms with van der Waals surface area (Å²) in [4.78, 5) is 28.2. The van der Waals surface area contributed by atoms with Crippen molar-refractivity contribution in [3.63, 3.8) is 0 Å². The average molecular weight is 244 g/mol. The van der Waals surface area contributed by atoms with Crippen LogP contribution in [0.25, 0.3) is 0 Å². The van der Waals surface area contributed by atoms with E-state index in [1.54, 1.807) is 0 Å². The van der Waals surface area contributed by atoms with E-state index < -0.39 is 5.69 Å². The molecule has 0 aliphatic carbocycles. The van der Waals surface area contributed by atoms with Crippen molar-refractivity contribution in [1.82, 2.24) is 9.97 Å². The fourth-order valence-corrected chi connectivity index (χ4v) is 2.09. The Balaban J connectivity index is 2.50. The Labute approximate surface area is 105 Å². The maximum atomic E-state index is 11.8. The minimum Gasteiger partial charge on any atom is -0.311 e. The molecule has 0 aliphatic rings. The van der Waals surface area contributed by atoms with Gasteiger partial charge in [-0.05, 0) is 11.5 Å². The minimum absolute atomic E-state index is 0.0734.